The first-order chi connectivity index (χ1) is 10.2. The van der Waals surface area contributed by atoms with Gasteiger partial charge in [-0.25, -0.2) is 0 Å². The van der Waals surface area contributed by atoms with Gasteiger partial charge in [0, 0.05) is 20.7 Å². The molecule has 5 heteroatoms. The molecule has 4 nitrogen and oxygen atoms in total. The molecular formula is C17H33ClN2O2. The molecule has 2 aliphatic rings. The zero-order chi connectivity index (χ0) is 15.1. The molecule has 2 fully saturated rings. The summed E-state index contributed by atoms with van der Waals surface area (Å²) in [5, 5.41) is 3.35. The van der Waals surface area contributed by atoms with Gasteiger partial charge in [0.05, 0.1) is 12.0 Å². The lowest BCUT2D eigenvalue weighted by Gasteiger charge is -2.38. The molecule has 0 aromatic rings. The molecule has 1 N–H and O–H groups in total. The Morgan fingerprint density at radius 3 is 2.45 bits per heavy atom. The number of ether oxygens (including phenoxy) is 1. The van der Waals surface area contributed by atoms with Gasteiger partial charge < -0.3 is 15.0 Å². The van der Waals surface area contributed by atoms with E-state index < -0.39 is 0 Å². The third kappa shape index (κ3) is 5.10. The lowest BCUT2D eigenvalue weighted by atomic mass is 9.78. The molecule has 0 atom stereocenters. The summed E-state index contributed by atoms with van der Waals surface area (Å²) in [4.78, 5) is 14.9. The number of carbonyl (C=O) groups excluding carboxylic acids is 1. The highest BCUT2D eigenvalue weighted by molar-refractivity contribution is 5.85. The number of rotatable bonds is 6. The summed E-state index contributed by atoms with van der Waals surface area (Å²) in [6, 6.07) is 0. The van der Waals surface area contributed by atoms with Crippen LogP contribution in [-0.2, 0) is 9.53 Å². The van der Waals surface area contributed by atoms with Gasteiger partial charge in [-0.15, -0.1) is 12.4 Å². The number of methoxy groups -OCH3 is 1. The zero-order valence-electron chi connectivity index (χ0n) is 14.2. The van der Waals surface area contributed by atoms with E-state index in [1.165, 1.54) is 38.5 Å². The predicted molar refractivity (Wildman–Crippen MR) is 92.5 cm³/mol. The Hall–Kier alpha value is -0.320. The molecule has 1 amide bonds. The maximum absolute atomic E-state index is 12.9. The van der Waals surface area contributed by atoms with Crippen LogP contribution in [0.1, 0.15) is 51.4 Å². The number of halogens is 1. The molecule has 0 radical (unpaired) electrons. The fraction of sp³-hybridized carbons (Fsp3) is 0.941. The first kappa shape index (κ1) is 19.7. The highest BCUT2D eigenvalue weighted by Crippen LogP contribution is 2.32. The monoisotopic (exact) mass is 332 g/mol. The van der Waals surface area contributed by atoms with Crippen molar-refractivity contribution in [3.05, 3.63) is 0 Å². The molecule has 1 aliphatic heterocycles. The summed E-state index contributed by atoms with van der Waals surface area (Å²) in [6.07, 6.45) is 9.83. The van der Waals surface area contributed by atoms with E-state index in [0.29, 0.717) is 12.5 Å². The van der Waals surface area contributed by atoms with Crippen LogP contribution in [0, 0.1) is 11.3 Å². The van der Waals surface area contributed by atoms with E-state index in [9.17, 15) is 4.79 Å². The number of hydrogen-bond acceptors (Lipinski definition) is 3. The van der Waals surface area contributed by atoms with Crippen LogP contribution >= 0.6 is 12.4 Å². The Bertz CT molecular complexity index is 321. The standard InChI is InChI=1S/C17H32N2O2.ClH/c1-19(13-8-15-6-4-3-5-7-15)16(20)17(14-21-2)9-11-18-12-10-17;/h15,18H,3-14H2,1-2H3;1H. The van der Waals surface area contributed by atoms with Gasteiger partial charge in [-0.3, -0.25) is 4.79 Å². The molecule has 130 valence electrons. The molecule has 0 spiro atoms. The Morgan fingerprint density at radius 2 is 1.86 bits per heavy atom. The van der Waals surface area contributed by atoms with Crippen LogP contribution in [0.15, 0.2) is 0 Å². The van der Waals surface area contributed by atoms with Crippen molar-refractivity contribution in [1.82, 2.24) is 10.2 Å². The van der Waals surface area contributed by atoms with Crippen LogP contribution in [0.4, 0.5) is 0 Å². The average molecular weight is 333 g/mol. The van der Waals surface area contributed by atoms with Gasteiger partial charge in [-0.2, -0.15) is 0 Å². The van der Waals surface area contributed by atoms with E-state index in [0.717, 1.165) is 38.4 Å². The Morgan fingerprint density at radius 1 is 1.23 bits per heavy atom. The fourth-order valence-corrected chi connectivity index (χ4v) is 3.96. The summed E-state index contributed by atoms with van der Waals surface area (Å²) in [6.45, 7) is 3.31. The van der Waals surface area contributed by atoms with Gasteiger partial charge >= 0.3 is 0 Å². The SMILES string of the molecule is COCC1(C(=O)N(C)CCC2CCCCC2)CCNCC1.Cl. The van der Waals surface area contributed by atoms with Crippen LogP contribution < -0.4 is 5.32 Å². The van der Waals surface area contributed by atoms with E-state index >= 15 is 0 Å². The minimum atomic E-state index is -0.290. The van der Waals surface area contributed by atoms with Crippen LogP contribution in [0.5, 0.6) is 0 Å². The first-order valence-electron chi connectivity index (χ1n) is 8.63. The largest absolute Gasteiger partial charge is 0.384 e. The highest BCUT2D eigenvalue weighted by atomic mass is 35.5. The summed E-state index contributed by atoms with van der Waals surface area (Å²) < 4.78 is 5.38. The van der Waals surface area contributed by atoms with E-state index in [1.54, 1.807) is 7.11 Å². The normalized spacial score (nSPS) is 21.9. The smallest absolute Gasteiger partial charge is 0.230 e. The summed E-state index contributed by atoms with van der Waals surface area (Å²) in [7, 11) is 3.68. The molecule has 0 aromatic heterocycles. The second kappa shape index (κ2) is 9.74. The van der Waals surface area contributed by atoms with Crippen LogP contribution in [0.3, 0.4) is 0 Å². The predicted octanol–water partition coefficient (Wildman–Crippen LogP) is 2.85. The number of nitrogens with zero attached hydrogens (tertiary/aromatic N) is 1. The molecule has 2 rings (SSSR count). The molecule has 22 heavy (non-hydrogen) atoms. The summed E-state index contributed by atoms with van der Waals surface area (Å²) >= 11 is 0. The van der Waals surface area contributed by atoms with Gasteiger partial charge in [-0.1, -0.05) is 32.1 Å². The van der Waals surface area contributed by atoms with Gasteiger partial charge in [0.15, 0.2) is 0 Å². The van der Waals surface area contributed by atoms with Crippen molar-refractivity contribution >= 4 is 18.3 Å². The number of nitrogens with one attached hydrogen (secondary N) is 1. The number of piperidine rings is 1. The first-order valence-corrected chi connectivity index (χ1v) is 8.63. The zero-order valence-corrected chi connectivity index (χ0v) is 15.1. The summed E-state index contributed by atoms with van der Waals surface area (Å²) in [5.74, 6) is 1.13. The van der Waals surface area contributed by atoms with E-state index in [1.807, 2.05) is 11.9 Å². The molecule has 1 saturated carbocycles. The Balaban J connectivity index is 0.00000242. The fourth-order valence-electron chi connectivity index (χ4n) is 3.96. The lowest BCUT2D eigenvalue weighted by Crippen LogP contribution is -2.50. The minimum absolute atomic E-state index is 0. The number of hydrogen-bond donors (Lipinski definition) is 1. The third-order valence-corrected chi connectivity index (χ3v) is 5.38. The molecule has 1 saturated heterocycles. The second-order valence-corrected chi connectivity index (χ2v) is 6.98. The van der Waals surface area contributed by atoms with Gasteiger partial charge in [-0.05, 0) is 38.3 Å². The highest BCUT2D eigenvalue weighted by Gasteiger charge is 2.41. The van der Waals surface area contributed by atoms with Crippen molar-refractivity contribution in [2.75, 3.05) is 40.4 Å². The molecule has 0 bridgehead atoms. The maximum atomic E-state index is 12.9. The van der Waals surface area contributed by atoms with E-state index in [4.69, 9.17) is 4.74 Å². The molecule has 1 heterocycles. The van der Waals surface area contributed by atoms with Gasteiger partial charge in [0.25, 0.3) is 0 Å². The van der Waals surface area contributed by atoms with Crippen molar-refractivity contribution < 1.29 is 9.53 Å². The van der Waals surface area contributed by atoms with Crippen LogP contribution in [0.25, 0.3) is 0 Å². The lowest BCUT2D eigenvalue weighted by molar-refractivity contribution is -0.146. The maximum Gasteiger partial charge on any atom is 0.230 e. The summed E-state index contributed by atoms with van der Waals surface area (Å²) in [5.41, 5.74) is -0.290. The van der Waals surface area contributed by atoms with Crippen molar-refractivity contribution in [3.8, 4) is 0 Å². The van der Waals surface area contributed by atoms with Crippen LogP contribution in [0.2, 0.25) is 0 Å². The van der Waals surface area contributed by atoms with E-state index in [-0.39, 0.29) is 17.8 Å². The second-order valence-electron chi connectivity index (χ2n) is 6.98. The average Bonchev–Trinajstić information content (AvgIpc) is 2.54. The molecule has 1 aliphatic carbocycles. The molecule has 0 unspecified atom stereocenters. The topological polar surface area (TPSA) is 41.6 Å². The van der Waals surface area contributed by atoms with Gasteiger partial charge in [0.2, 0.25) is 5.91 Å². The minimum Gasteiger partial charge on any atom is -0.384 e. The third-order valence-electron chi connectivity index (χ3n) is 5.38. The Kier molecular flexibility index (Phi) is 8.73. The van der Waals surface area contributed by atoms with Gasteiger partial charge in [0.1, 0.15) is 0 Å². The van der Waals surface area contributed by atoms with Crippen LogP contribution in [-0.4, -0.2) is 51.2 Å². The Labute approximate surface area is 141 Å². The van der Waals surface area contributed by atoms with Crippen molar-refractivity contribution in [3.63, 3.8) is 0 Å². The number of amides is 1. The van der Waals surface area contributed by atoms with Crippen molar-refractivity contribution in [2.45, 2.75) is 51.4 Å². The quantitative estimate of drug-likeness (QED) is 0.813. The molecular weight excluding hydrogens is 300 g/mol. The van der Waals surface area contributed by atoms with Crippen molar-refractivity contribution in [2.24, 2.45) is 11.3 Å². The molecule has 0 aromatic carbocycles. The number of carbonyl (C=O) groups is 1. The van der Waals surface area contributed by atoms with E-state index in [2.05, 4.69) is 5.32 Å². The van der Waals surface area contributed by atoms with Crippen molar-refractivity contribution in [1.29, 1.82) is 0 Å².